The molecule has 3 aromatic carbocycles. The molecule has 3 heterocycles. The summed E-state index contributed by atoms with van der Waals surface area (Å²) < 4.78 is 9.15. The van der Waals surface area contributed by atoms with Crippen LogP contribution in [0.1, 0.15) is 36.8 Å². The van der Waals surface area contributed by atoms with E-state index in [1.807, 2.05) is 102 Å². The van der Waals surface area contributed by atoms with E-state index >= 15 is 0 Å². The maximum Gasteiger partial charge on any atom is 0.265 e. The van der Waals surface area contributed by atoms with E-state index < -0.39 is 0 Å². The molecule has 0 aliphatic heterocycles. The van der Waals surface area contributed by atoms with Crippen LogP contribution in [-0.2, 0) is 13.0 Å². The largest absolute Gasteiger partial charge is 0.497 e. The molecule has 6 aromatic rings. The second kappa shape index (κ2) is 9.17. The predicted octanol–water partition coefficient (Wildman–Crippen LogP) is 5.52. The van der Waals surface area contributed by atoms with Crippen LogP contribution in [0.5, 0.6) is 5.75 Å². The van der Waals surface area contributed by atoms with E-state index in [1.165, 1.54) is 0 Å². The highest BCUT2D eigenvalue weighted by atomic mass is 16.5. The van der Waals surface area contributed by atoms with E-state index in [9.17, 15) is 4.79 Å². The third-order valence-electron chi connectivity index (χ3n) is 6.95. The second-order valence-corrected chi connectivity index (χ2v) is 9.16. The highest BCUT2D eigenvalue weighted by molar-refractivity contribution is 6.04. The van der Waals surface area contributed by atoms with Crippen LogP contribution >= 0.6 is 0 Å². The average molecular weight is 490 g/mol. The first-order chi connectivity index (χ1) is 18.1. The fourth-order valence-electron chi connectivity index (χ4n) is 5.01. The first kappa shape index (κ1) is 22.9. The molecular formula is C30H27N5O2. The molecule has 0 fully saturated rings. The van der Waals surface area contributed by atoms with Gasteiger partial charge in [0, 0.05) is 6.42 Å². The lowest BCUT2D eigenvalue weighted by atomic mass is 10.1. The Balaban J connectivity index is 1.66. The Morgan fingerprint density at radius 1 is 0.838 bits per heavy atom. The highest BCUT2D eigenvalue weighted by Crippen LogP contribution is 2.28. The van der Waals surface area contributed by atoms with E-state index in [4.69, 9.17) is 19.7 Å². The monoisotopic (exact) mass is 489 g/mol. The Labute approximate surface area is 214 Å². The van der Waals surface area contributed by atoms with Gasteiger partial charge in [-0.2, -0.15) is 0 Å². The van der Waals surface area contributed by atoms with Crippen molar-refractivity contribution in [3.8, 4) is 5.75 Å². The molecule has 37 heavy (non-hydrogen) atoms. The van der Waals surface area contributed by atoms with E-state index in [0.717, 1.165) is 33.7 Å². The van der Waals surface area contributed by atoms with Gasteiger partial charge in [-0.25, -0.2) is 15.0 Å². The Kier molecular flexibility index (Phi) is 5.68. The number of rotatable bonds is 6. The molecule has 0 aliphatic rings. The Morgan fingerprint density at radius 3 is 2.19 bits per heavy atom. The maximum absolute atomic E-state index is 14.2. The molecule has 184 valence electrons. The van der Waals surface area contributed by atoms with Crippen LogP contribution < -0.4 is 10.3 Å². The van der Waals surface area contributed by atoms with Crippen LogP contribution in [0, 0.1) is 0 Å². The normalized spacial score (nSPS) is 12.4. The van der Waals surface area contributed by atoms with Gasteiger partial charge >= 0.3 is 0 Å². The number of fused-ring (bicyclic) bond motifs is 4. The molecule has 3 aromatic heterocycles. The summed E-state index contributed by atoms with van der Waals surface area (Å²) in [7, 11) is 1.65. The smallest absolute Gasteiger partial charge is 0.265 e. The van der Waals surface area contributed by atoms with Gasteiger partial charge in [-0.15, -0.1) is 0 Å². The van der Waals surface area contributed by atoms with E-state index in [0.29, 0.717) is 35.2 Å². The van der Waals surface area contributed by atoms with Crippen LogP contribution in [0.3, 0.4) is 0 Å². The third kappa shape index (κ3) is 3.83. The lowest BCUT2D eigenvalue weighted by Crippen LogP contribution is -2.28. The van der Waals surface area contributed by atoms with Crippen LogP contribution in [0.2, 0.25) is 0 Å². The van der Waals surface area contributed by atoms with Crippen molar-refractivity contribution in [1.82, 2.24) is 24.1 Å². The number of methoxy groups -OCH3 is 1. The van der Waals surface area contributed by atoms with Crippen molar-refractivity contribution in [3.05, 3.63) is 106 Å². The van der Waals surface area contributed by atoms with Crippen LogP contribution in [-0.4, -0.2) is 31.2 Å². The number of para-hydroxylation sites is 2. The topological polar surface area (TPSA) is 74.8 Å². The molecule has 0 saturated carbocycles. The quantitative estimate of drug-likeness (QED) is 0.308. The van der Waals surface area contributed by atoms with E-state index in [1.54, 1.807) is 7.11 Å². The zero-order chi connectivity index (χ0) is 25.5. The van der Waals surface area contributed by atoms with Crippen molar-refractivity contribution in [1.29, 1.82) is 0 Å². The number of ether oxygens (including phenoxy) is 1. The molecular weight excluding hydrogens is 462 g/mol. The van der Waals surface area contributed by atoms with Gasteiger partial charge in [-0.1, -0.05) is 61.5 Å². The second-order valence-electron chi connectivity index (χ2n) is 9.16. The molecule has 0 amide bonds. The lowest BCUT2D eigenvalue weighted by Gasteiger charge is -2.19. The van der Waals surface area contributed by atoms with Crippen molar-refractivity contribution in [3.63, 3.8) is 0 Å². The summed E-state index contributed by atoms with van der Waals surface area (Å²) in [5.74, 6) is 1.53. The molecule has 1 atom stereocenters. The number of hydrogen-bond donors (Lipinski definition) is 0. The minimum absolute atomic E-state index is 0.0961. The van der Waals surface area contributed by atoms with Crippen LogP contribution in [0.25, 0.3) is 33.2 Å². The molecule has 6 rings (SSSR count). The molecule has 0 aliphatic carbocycles. The third-order valence-corrected chi connectivity index (χ3v) is 6.95. The first-order valence-corrected chi connectivity index (χ1v) is 12.5. The number of nitrogens with zero attached hydrogens (tertiary/aromatic N) is 5. The Bertz CT molecular complexity index is 1800. The van der Waals surface area contributed by atoms with Crippen molar-refractivity contribution in [2.24, 2.45) is 0 Å². The molecule has 7 heteroatoms. The van der Waals surface area contributed by atoms with Gasteiger partial charge in [-0.05, 0) is 42.3 Å². The average Bonchev–Trinajstić information content (AvgIpc) is 3.24. The lowest BCUT2D eigenvalue weighted by molar-refractivity contribution is 0.414. The van der Waals surface area contributed by atoms with Crippen LogP contribution in [0.15, 0.2) is 83.7 Å². The van der Waals surface area contributed by atoms with Gasteiger partial charge in [0.25, 0.3) is 5.56 Å². The predicted molar refractivity (Wildman–Crippen MR) is 146 cm³/mol. The van der Waals surface area contributed by atoms with E-state index in [-0.39, 0.29) is 11.6 Å². The minimum Gasteiger partial charge on any atom is -0.497 e. The summed E-state index contributed by atoms with van der Waals surface area (Å²) in [5.41, 5.74) is 5.39. The van der Waals surface area contributed by atoms with Crippen molar-refractivity contribution >= 4 is 33.2 Å². The van der Waals surface area contributed by atoms with Crippen molar-refractivity contribution < 1.29 is 4.74 Å². The Morgan fingerprint density at radius 2 is 1.51 bits per heavy atom. The summed E-state index contributed by atoms with van der Waals surface area (Å²) in [5, 5.41) is 0.502. The van der Waals surface area contributed by atoms with Crippen molar-refractivity contribution in [2.45, 2.75) is 32.9 Å². The molecule has 0 bridgehead atoms. The molecule has 0 unspecified atom stereocenters. The van der Waals surface area contributed by atoms with Gasteiger partial charge in [0.15, 0.2) is 11.3 Å². The van der Waals surface area contributed by atoms with Gasteiger partial charge < -0.3 is 9.30 Å². The summed E-state index contributed by atoms with van der Waals surface area (Å²) in [6.07, 6.45) is 0.620. The highest BCUT2D eigenvalue weighted by Gasteiger charge is 2.24. The SMILES string of the molecule is CCc1nc2c(c(=O)n1[C@@H](C)c1ccccc1)c1nc3ccccc3nc1n2Cc1ccc(OC)cc1. The standard InChI is InChI=1S/C30H27N5O2/c1-4-25-33-28-26(30(36)35(25)19(2)21-10-6-5-7-11-21)27-29(32-24-13-9-8-12-23(24)31-27)34(28)18-20-14-16-22(37-3)17-15-20/h5-17,19H,4,18H2,1-3H3/t19-/m0/s1. The maximum atomic E-state index is 14.2. The van der Waals surface area contributed by atoms with Gasteiger partial charge in [0.05, 0.1) is 30.7 Å². The fraction of sp³-hybridized carbons (Fsp3) is 0.200. The number of benzene rings is 3. The summed E-state index contributed by atoms with van der Waals surface area (Å²) >= 11 is 0. The van der Waals surface area contributed by atoms with Gasteiger partial charge in [0.2, 0.25) is 0 Å². The van der Waals surface area contributed by atoms with Gasteiger partial charge in [0.1, 0.15) is 22.5 Å². The summed E-state index contributed by atoms with van der Waals surface area (Å²) in [6, 6.07) is 25.5. The molecule has 0 saturated heterocycles. The zero-order valence-corrected chi connectivity index (χ0v) is 21.0. The Hall–Kier alpha value is -4.52. The molecule has 0 N–H and O–H groups in total. The molecule has 7 nitrogen and oxygen atoms in total. The first-order valence-electron chi connectivity index (χ1n) is 12.5. The van der Waals surface area contributed by atoms with Crippen molar-refractivity contribution in [2.75, 3.05) is 7.11 Å². The fourth-order valence-corrected chi connectivity index (χ4v) is 5.01. The minimum atomic E-state index is -0.172. The van der Waals surface area contributed by atoms with Crippen LogP contribution in [0.4, 0.5) is 0 Å². The molecule has 0 spiro atoms. The van der Waals surface area contributed by atoms with Gasteiger partial charge in [-0.3, -0.25) is 9.36 Å². The number of aryl methyl sites for hydroxylation is 1. The molecule has 0 radical (unpaired) electrons. The summed E-state index contributed by atoms with van der Waals surface area (Å²) in [6.45, 7) is 4.58. The zero-order valence-electron chi connectivity index (χ0n) is 21.0. The van der Waals surface area contributed by atoms with E-state index in [2.05, 4.69) is 0 Å². The number of aromatic nitrogens is 5. The number of hydrogen-bond acceptors (Lipinski definition) is 5. The summed E-state index contributed by atoms with van der Waals surface area (Å²) in [4.78, 5) is 29.2.